The van der Waals surface area contributed by atoms with E-state index in [0.29, 0.717) is 23.7 Å². The largest absolute Gasteiger partial charge is 0.318 e. The van der Waals surface area contributed by atoms with E-state index < -0.39 is 11.8 Å². The van der Waals surface area contributed by atoms with Crippen LogP contribution in [0.3, 0.4) is 0 Å². The summed E-state index contributed by atoms with van der Waals surface area (Å²) in [6, 6.07) is 14.5. The number of fused-ring (bicyclic) bond motifs is 2. The molecule has 4 rings (SSSR count). The van der Waals surface area contributed by atoms with E-state index in [4.69, 9.17) is 0 Å². The average Bonchev–Trinajstić information content (AvgIpc) is 3.21. The van der Waals surface area contributed by atoms with Crippen LogP contribution in [0, 0.1) is 0 Å². The molecule has 2 aromatic carbocycles. The van der Waals surface area contributed by atoms with Crippen LogP contribution in [0.1, 0.15) is 49.4 Å². The van der Waals surface area contributed by atoms with Crippen LogP contribution in [-0.2, 0) is 24.3 Å². The molecule has 0 saturated carbocycles. The first kappa shape index (κ1) is 23.2. The summed E-state index contributed by atoms with van der Waals surface area (Å²) in [7, 11) is 0. The van der Waals surface area contributed by atoms with E-state index in [1.54, 1.807) is 24.3 Å². The van der Waals surface area contributed by atoms with Gasteiger partial charge >= 0.3 is 0 Å². The van der Waals surface area contributed by atoms with Crippen molar-refractivity contribution >= 4 is 33.6 Å². The Morgan fingerprint density at radius 1 is 0.941 bits per heavy atom. The summed E-state index contributed by atoms with van der Waals surface area (Å²) >= 11 is 0. The highest BCUT2D eigenvalue weighted by atomic mass is 16.2. The Kier molecular flexibility index (Phi) is 7.01. The fraction of sp³-hybridized carbons (Fsp3) is 0.320. The number of unbranched alkanes of at least 4 members (excludes halogenated alkanes) is 2. The van der Waals surface area contributed by atoms with Crippen molar-refractivity contribution < 1.29 is 9.59 Å². The lowest BCUT2D eigenvalue weighted by Crippen LogP contribution is -2.44. The number of nitrogens with zero attached hydrogens (tertiary/aromatic N) is 4. The van der Waals surface area contributed by atoms with Crippen LogP contribution in [0.25, 0.3) is 21.8 Å². The Morgan fingerprint density at radius 3 is 2.44 bits per heavy atom. The van der Waals surface area contributed by atoms with Gasteiger partial charge < -0.3 is 4.57 Å². The third-order valence-corrected chi connectivity index (χ3v) is 5.72. The number of hydrogen-bond donors (Lipinski definition) is 2. The molecule has 9 heteroatoms. The zero-order valence-electron chi connectivity index (χ0n) is 19.4. The van der Waals surface area contributed by atoms with Gasteiger partial charge in [0.1, 0.15) is 12.4 Å². The second-order valence-electron chi connectivity index (χ2n) is 8.09. The zero-order valence-corrected chi connectivity index (χ0v) is 19.4. The molecule has 176 valence electrons. The fourth-order valence-corrected chi connectivity index (χ4v) is 4.01. The number of carbonyl (C=O) groups is 2. The second kappa shape index (κ2) is 10.3. The number of aryl methyl sites for hydroxylation is 2. The van der Waals surface area contributed by atoms with E-state index in [1.807, 2.05) is 35.8 Å². The SMILES string of the molecule is CCCCCn1nc(C(=O)NNC(=O)Cn2c(CC)nc3ccccc32)c2ccccc2c1=O. The molecule has 0 saturated heterocycles. The lowest BCUT2D eigenvalue weighted by molar-refractivity contribution is -0.122. The number of benzene rings is 2. The molecule has 0 radical (unpaired) electrons. The van der Waals surface area contributed by atoms with Gasteiger partial charge in [0.25, 0.3) is 17.4 Å². The minimum atomic E-state index is -0.583. The molecule has 9 nitrogen and oxygen atoms in total. The van der Waals surface area contributed by atoms with Gasteiger partial charge in [-0.2, -0.15) is 5.10 Å². The van der Waals surface area contributed by atoms with Crippen LogP contribution < -0.4 is 16.4 Å². The highest BCUT2D eigenvalue weighted by Gasteiger charge is 2.18. The summed E-state index contributed by atoms with van der Waals surface area (Å²) in [5, 5.41) is 5.18. The van der Waals surface area contributed by atoms with Crippen LogP contribution in [-0.4, -0.2) is 31.1 Å². The molecular weight excluding hydrogens is 432 g/mol. The summed E-state index contributed by atoms with van der Waals surface area (Å²) in [5.74, 6) is -0.193. The number of hydrogen-bond acceptors (Lipinski definition) is 5. The van der Waals surface area contributed by atoms with E-state index in [-0.39, 0.29) is 17.8 Å². The van der Waals surface area contributed by atoms with Gasteiger partial charge in [-0.15, -0.1) is 0 Å². The Balaban J connectivity index is 1.53. The minimum absolute atomic E-state index is 0.00859. The quantitative estimate of drug-likeness (QED) is 0.310. The first-order chi connectivity index (χ1) is 16.5. The smallest absolute Gasteiger partial charge is 0.290 e. The molecule has 0 spiro atoms. The second-order valence-corrected chi connectivity index (χ2v) is 8.09. The third kappa shape index (κ3) is 4.68. The standard InChI is InChI=1S/C25H28N6O3/c1-3-5-10-15-31-25(34)18-12-7-6-11-17(18)23(29-31)24(33)28-27-22(32)16-30-20-14-9-8-13-19(20)26-21(30)4-2/h6-9,11-14H,3-5,10,15-16H2,1-2H3,(H,27,32)(H,28,33). The number of aromatic nitrogens is 4. The Morgan fingerprint density at radius 2 is 1.68 bits per heavy atom. The maximum atomic E-state index is 13.0. The maximum Gasteiger partial charge on any atom is 0.290 e. The van der Waals surface area contributed by atoms with E-state index in [9.17, 15) is 14.4 Å². The normalized spacial score (nSPS) is 11.1. The molecule has 2 amide bonds. The van der Waals surface area contributed by atoms with Crippen molar-refractivity contribution in [1.82, 2.24) is 30.2 Å². The van der Waals surface area contributed by atoms with Crippen molar-refractivity contribution in [2.45, 2.75) is 52.6 Å². The Labute approximate surface area is 196 Å². The van der Waals surface area contributed by atoms with Crippen LogP contribution in [0.15, 0.2) is 53.3 Å². The maximum absolute atomic E-state index is 13.0. The molecule has 0 aliphatic heterocycles. The number of rotatable bonds is 8. The lowest BCUT2D eigenvalue weighted by atomic mass is 10.1. The van der Waals surface area contributed by atoms with Gasteiger partial charge in [0.05, 0.1) is 16.4 Å². The van der Waals surface area contributed by atoms with Gasteiger partial charge in [-0.1, -0.05) is 57.0 Å². The van der Waals surface area contributed by atoms with Crippen LogP contribution >= 0.6 is 0 Å². The number of imidazole rings is 1. The lowest BCUT2D eigenvalue weighted by Gasteiger charge is -2.13. The predicted molar refractivity (Wildman–Crippen MR) is 130 cm³/mol. The number of hydrazine groups is 1. The molecule has 4 aromatic rings. The summed E-state index contributed by atoms with van der Waals surface area (Å²) in [6.07, 6.45) is 3.43. The van der Waals surface area contributed by atoms with Crippen LogP contribution in [0.4, 0.5) is 0 Å². The first-order valence-electron chi connectivity index (χ1n) is 11.6. The van der Waals surface area contributed by atoms with Crippen molar-refractivity contribution in [1.29, 1.82) is 0 Å². The van der Waals surface area contributed by atoms with Gasteiger partial charge in [0.15, 0.2) is 5.69 Å². The summed E-state index contributed by atoms with van der Waals surface area (Å²) in [6.45, 7) is 4.49. The molecule has 0 atom stereocenters. The first-order valence-corrected chi connectivity index (χ1v) is 11.6. The van der Waals surface area contributed by atoms with E-state index in [1.165, 1.54) is 4.68 Å². The van der Waals surface area contributed by atoms with E-state index in [0.717, 1.165) is 36.1 Å². The number of nitrogens with one attached hydrogen (secondary N) is 2. The highest BCUT2D eigenvalue weighted by Crippen LogP contribution is 2.16. The van der Waals surface area contributed by atoms with Gasteiger partial charge in [0, 0.05) is 18.4 Å². The minimum Gasteiger partial charge on any atom is -0.318 e. The molecule has 2 aromatic heterocycles. The molecule has 34 heavy (non-hydrogen) atoms. The van der Waals surface area contributed by atoms with Gasteiger partial charge in [-0.3, -0.25) is 25.2 Å². The third-order valence-electron chi connectivity index (χ3n) is 5.72. The molecule has 0 aliphatic carbocycles. The molecule has 0 unspecified atom stereocenters. The summed E-state index contributed by atoms with van der Waals surface area (Å²) in [5.41, 5.74) is 6.46. The van der Waals surface area contributed by atoms with Crippen molar-refractivity contribution in [2.75, 3.05) is 0 Å². The summed E-state index contributed by atoms with van der Waals surface area (Å²) < 4.78 is 3.16. The van der Waals surface area contributed by atoms with Crippen LogP contribution in [0.5, 0.6) is 0 Å². The van der Waals surface area contributed by atoms with Gasteiger partial charge in [-0.05, 0) is 24.6 Å². The molecule has 0 fully saturated rings. The van der Waals surface area contributed by atoms with E-state index in [2.05, 4.69) is 27.9 Å². The Bertz CT molecular complexity index is 1410. The predicted octanol–water partition coefficient (Wildman–Crippen LogP) is 2.96. The van der Waals surface area contributed by atoms with E-state index >= 15 is 0 Å². The van der Waals surface area contributed by atoms with Gasteiger partial charge in [0.2, 0.25) is 0 Å². The van der Waals surface area contributed by atoms with Crippen molar-refractivity contribution in [3.05, 3.63) is 70.4 Å². The van der Waals surface area contributed by atoms with Crippen molar-refractivity contribution in [3.8, 4) is 0 Å². The molecule has 0 aliphatic rings. The molecule has 0 bridgehead atoms. The topological polar surface area (TPSA) is 111 Å². The summed E-state index contributed by atoms with van der Waals surface area (Å²) in [4.78, 5) is 43.0. The molecular formula is C25H28N6O3. The fourth-order valence-electron chi connectivity index (χ4n) is 4.01. The molecule has 2 N–H and O–H groups in total. The van der Waals surface area contributed by atoms with Crippen molar-refractivity contribution in [3.63, 3.8) is 0 Å². The zero-order chi connectivity index (χ0) is 24.1. The van der Waals surface area contributed by atoms with Crippen LogP contribution in [0.2, 0.25) is 0 Å². The van der Waals surface area contributed by atoms with Crippen molar-refractivity contribution in [2.24, 2.45) is 0 Å². The number of carbonyl (C=O) groups excluding carboxylic acids is 2. The highest BCUT2D eigenvalue weighted by molar-refractivity contribution is 6.05. The molecule has 2 heterocycles. The number of para-hydroxylation sites is 2. The monoisotopic (exact) mass is 460 g/mol. The van der Waals surface area contributed by atoms with Gasteiger partial charge in [-0.25, -0.2) is 9.67 Å². The number of amides is 2. The Hall–Kier alpha value is -4.01. The average molecular weight is 461 g/mol.